The van der Waals surface area contributed by atoms with Gasteiger partial charge in [-0.05, 0) is 24.8 Å². The Bertz CT molecular complexity index is 405. The van der Waals surface area contributed by atoms with E-state index in [1.165, 1.54) is 19.3 Å². The summed E-state index contributed by atoms with van der Waals surface area (Å²) in [4.78, 5) is 13.7. The molecule has 1 aliphatic rings. The zero-order valence-corrected chi connectivity index (χ0v) is 9.93. The SMILES string of the molecule is NC(=O)/C(=C\N1CCCCC1)c1ccccc1. The van der Waals surface area contributed by atoms with Gasteiger partial charge in [0.15, 0.2) is 0 Å². The summed E-state index contributed by atoms with van der Waals surface area (Å²) in [5, 5.41) is 0. The molecule has 0 saturated carbocycles. The molecule has 2 rings (SSSR count). The highest BCUT2D eigenvalue weighted by molar-refractivity contribution is 6.18. The highest BCUT2D eigenvalue weighted by Gasteiger charge is 2.12. The van der Waals surface area contributed by atoms with E-state index in [2.05, 4.69) is 4.90 Å². The van der Waals surface area contributed by atoms with Crippen molar-refractivity contribution in [3.63, 3.8) is 0 Å². The first-order valence-electron chi connectivity index (χ1n) is 6.08. The Hall–Kier alpha value is -1.77. The number of hydrogen-bond acceptors (Lipinski definition) is 2. The molecule has 0 unspecified atom stereocenters. The van der Waals surface area contributed by atoms with E-state index in [4.69, 9.17) is 5.73 Å². The predicted molar refractivity (Wildman–Crippen MR) is 69.0 cm³/mol. The Morgan fingerprint density at radius 3 is 2.35 bits per heavy atom. The lowest BCUT2D eigenvalue weighted by Crippen LogP contribution is -2.26. The Morgan fingerprint density at radius 1 is 1.12 bits per heavy atom. The standard InChI is InChI=1S/C14H18N2O/c15-14(17)13(12-7-3-1-4-8-12)11-16-9-5-2-6-10-16/h1,3-4,7-8,11H,2,5-6,9-10H2,(H2,15,17)/b13-11-. The number of benzene rings is 1. The molecule has 1 fully saturated rings. The second-order valence-electron chi connectivity index (χ2n) is 4.37. The number of primary amides is 1. The van der Waals surface area contributed by atoms with Crippen LogP contribution in [-0.2, 0) is 4.79 Å². The van der Waals surface area contributed by atoms with Crippen LogP contribution in [0.25, 0.3) is 5.57 Å². The number of nitrogens with zero attached hydrogens (tertiary/aromatic N) is 1. The van der Waals surface area contributed by atoms with E-state index < -0.39 is 0 Å². The van der Waals surface area contributed by atoms with Crippen molar-refractivity contribution in [1.82, 2.24) is 4.90 Å². The number of hydrogen-bond donors (Lipinski definition) is 1. The highest BCUT2D eigenvalue weighted by atomic mass is 16.1. The third-order valence-electron chi connectivity index (χ3n) is 3.05. The number of nitrogens with two attached hydrogens (primary N) is 1. The maximum absolute atomic E-state index is 11.5. The van der Waals surface area contributed by atoms with Crippen molar-refractivity contribution in [2.24, 2.45) is 5.73 Å². The van der Waals surface area contributed by atoms with Crippen molar-refractivity contribution in [2.75, 3.05) is 13.1 Å². The third-order valence-corrected chi connectivity index (χ3v) is 3.05. The highest BCUT2D eigenvalue weighted by Crippen LogP contribution is 2.17. The van der Waals surface area contributed by atoms with Gasteiger partial charge in [-0.25, -0.2) is 0 Å². The Kier molecular flexibility index (Phi) is 3.81. The first-order valence-corrected chi connectivity index (χ1v) is 6.08. The maximum Gasteiger partial charge on any atom is 0.250 e. The van der Waals surface area contributed by atoms with Gasteiger partial charge in [-0.3, -0.25) is 4.79 Å². The summed E-state index contributed by atoms with van der Waals surface area (Å²) >= 11 is 0. The molecule has 17 heavy (non-hydrogen) atoms. The van der Waals surface area contributed by atoms with Gasteiger partial charge in [0.1, 0.15) is 0 Å². The number of carbonyl (C=O) groups is 1. The molecule has 90 valence electrons. The van der Waals surface area contributed by atoms with Crippen molar-refractivity contribution in [2.45, 2.75) is 19.3 Å². The molecule has 0 radical (unpaired) electrons. The number of piperidine rings is 1. The molecule has 3 nitrogen and oxygen atoms in total. The summed E-state index contributed by atoms with van der Waals surface area (Å²) in [6, 6.07) is 9.61. The minimum atomic E-state index is -0.359. The van der Waals surface area contributed by atoms with E-state index in [0.29, 0.717) is 5.57 Å². The number of amides is 1. The van der Waals surface area contributed by atoms with Crippen LogP contribution in [0.1, 0.15) is 24.8 Å². The fourth-order valence-electron chi connectivity index (χ4n) is 2.13. The number of rotatable bonds is 3. The van der Waals surface area contributed by atoms with Gasteiger partial charge in [0.2, 0.25) is 0 Å². The first kappa shape index (κ1) is 11.7. The fraction of sp³-hybridized carbons (Fsp3) is 0.357. The molecule has 1 heterocycles. The van der Waals surface area contributed by atoms with Gasteiger partial charge in [0.05, 0.1) is 5.57 Å². The molecule has 0 bridgehead atoms. The molecule has 0 aliphatic carbocycles. The van der Waals surface area contributed by atoms with Crippen molar-refractivity contribution in [3.8, 4) is 0 Å². The van der Waals surface area contributed by atoms with Crippen LogP contribution < -0.4 is 5.73 Å². The monoisotopic (exact) mass is 230 g/mol. The second kappa shape index (κ2) is 5.53. The van der Waals surface area contributed by atoms with Gasteiger partial charge in [-0.1, -0.05) is 30.3 Å². The normalized spacial score (nSPS) is 16.9. The quantitative estimate of drug-likeness (QED) is 0.807. The van der Waals surface area contributed by atoms with E-state index in [9.17, 15) is 4.79 Å². The molecule has 2 N–H and O–H groups in total. The Morgan fingerprint density at radius 2 is 1.76 bits per heavy atom. The summed E-state index contributed by atoms with van der Waals surface area (Å²) in [6.45, 7) is 2.03. The van der Waals surface area contributed by atoms with Crippen LogP contribution >= 0.6 is 0 Å². The van der Waals surface area contributed by atoms with Crippen molar-refractivity contribution in [1.29, 1.82) is 0 Å². The lowest BCUT2D eigenvalue weighted by Gasteiger charge is -2.25. The largest absolute Gasteiger partial charge is 0.377 e. The van der Waals surface area contributed by atoms with E-state index in [1.807, 2.05) is 36.5 Å². The minimum absolute atomic E-state index is 0.359. The van der Waals surface area contributed by atoms with Crippen LogP contribution in [0.5, 0.6) is 0 Å². The van der Waals surface area contributed by atoms with Gasteiger partial charge in [-0.15, -0.1) is 0 Å². The molecule has 1 aromatic carbocycles. The molecule has 0 aromatic heterocycles. The van der Waals surface area contributed by atoms with Crippen LogP contribution in [0.15, 0.2) is 36.5 Å². The summed E-state index contributed by atoms with van der Waals surface area (Å²) in [5.41, 5.74) is 6.95. The molecule has 0 atom stereocenters. The second-order valence-corrected chi connectivity index (χ2v) is 4.37. The maximum atomic E-state index is 11.5. The van der Waals surface area contributed by atoms with Crippen molar-refractivity contribution >= 4 is 11.5 Å². The topological polar surface area (TPSA) is 46.3 Å². The molecule has 1 saturated heterocycles. The fourth-order valence-corrected chi connectivity index (χ4v) is 2.13. The molecular formula is C14H18N2O. The van der Waals surface area contributed by atoms with E-state index in [-0.39, 0.29) is 5.91 Å². The van der Waals surface area contributed by atoms with E-state index >= 15 is 0 Å². The predicted octanol–water partition coefficient (Wildman–Crippen LogP) is 2.00. The van der Waals surface area contributed by atoms with Crippen LogP contribution in [0.3, 0.4) is 0 Å². The van der Waals surface area contributed by atoms with Gasteiger partial charge >= 0.3 is 0 Å². The summed E-state index contributed by atoms with van der Waals surface area (Å²) in [5.74, 6) is -0.359. The van der Waals surface area contributed by atoms with Gasteiger partial charge in [0.25, 0.3) is 5.91 Å². The van der Waals surface area contributed by atoms with Gasteiger partial charge in [-0.2, -0.15) is 0 Å². The Balaban J connectivity index is 2.22. The molecule has 1 aliphatic heterocycles. The summed E-state index contributed by atoms with van der Waals surface area (Å²) < 4.78 is 0. The lowest BCUT2D eigenvalue weighted by atomic mass is 10.1. The summed E-state index contributed by atoms with van der Waals surface area (Å²) in [7, 11) is 0. The lowest BCUT2D eigenvalue weighted by molar-refractivity contribution is -0.112. The number of likely N-dealkylation sites (tertiary alicyclic amines) is 1. The van der Waals surface area contributed by atoms with Gasteiger partial charge in [0, 0.05) is 19.3 Å². The zero-order chi connectivity index (χ0) is 12.1. The van der Waals surface area contributed by atoms with E-state index in [0.717, 1.165) is 18.7 Å². The smallest absolute Gasteiger partial charge is 0.250 e. The molecular weight excluding hydrogens is 212 g/mol. The first-order chi connectivity index (χ1) is 8.27. The average Bonchev–Trinajstić information content (AvgIpc) is 2.38. The van der Waals surface area contributed by atoms with Crippen molar-refractivity contribution < 1.29 is 4.79 Å². The van der Waals surface area contributed by atoms with Gasteiger partial charge < -0.3 is 10.6 Å². The average molecular weight is 230 g/mol. The van der Waals surface area contributed by atoms with Crippen molar-refractivity contribution in [3.05, 3.63) is 42.1 Å². The van der Waals surface area contributed by atoms with Crippen LogP contribution in [0.4, 0.5) is 0 Å². The third kappa shape index (κ3) is 3.09. The molecule has 1 aromatic rings. The minimum Gasteiger partial charge on any atom is -0.377 e. The van der Waals surface area contributed by atoms with Crippen LogP contribution in [-0.4, -0.2) is 23.9 Å². The zero-order valence-electron chi connectivity index (χ0n) is 9.93. The van der Waals surface area contributed by atoms with E-state index in [1.54, 1.807) is 0 Å². The van der Waals surface area contributed by atoms with Crippen LogP contribution in [0.2, 0.25) is 0 Å². The molecule has 3 heteroatoms. The molecule has 1 amide bonds. The Labute approximate surface area is 102 Å². The molecule has 0 spiro atoms. The van der Waals surface area contributed by atoms with Crippen LogP contribution in [0, 0.1) is 0 Å². The summed E-state index contributed by atoms with van der Waals surface area (Å²) in [6.07, 6.45) is 5.58. The number of carbonyl (C=O) groups excluding carboxylic acids is 1.